The zero-order valence-electron chi connectivity index (χ0n) is 17.5. The Hall–Kier alpha value is -2.36. The van der Waals surface area contributed by atoms with Crippen molar-refractivity contribution in [2.75, 3.05) is 31.1 Å². The number of aliphatic imine (C=N–C) groups is 1. The van der Waals surface area contributed by atoms with Crippen LogP contribution < -0.4 is 20.7 Å². The van der Waals surface area contributed by atoms with Crippen LogP contribution in [0.3, 0.4) is 0 Å². The molecule has 8 nitrogen and oxygen atoms in total. The molecule has 0 aromatic heterocycles. The van der Waals surface area contributed by atoms with Crippen LogP contribution in [0.15, 0.2) is 29.3 Å². The first-order chi connectivity index (χ1) is 14.3. The predicted molar refractivity (Wildman–Crippen MR) is 115 cm³/mol. The van der Waals surface area contributed by atoms with Gasteiger partial charge >= 0.3 is 0 Å². The molecule has 1 aromatic rings. The monoisotopic (exact) mass is 442 g/mol. The van der Waals surface area contributed by atoms with Gasteiger partial charge in [0.25, 0.3) is 0 Å². The first kappa shape index (κ1) is 23.9. The number of amides is 1. The lowest BCUT2D eigenvalue weighted by atomic mass is 10.2. The first-order valence-electron chi connectivity index (χ1n) is 10.3. The van der Waals surface area contributed by atoms with Gasteiger partial charge in [-0.15, -0.1) is 0 Å². The van der Waals surface area contributed by atoms with Gasteiger partial charge in [0.15, 0.2) is 15.8 Å². The first-order valence-corrected chi connectivity index (χ1v) is 12.1. The van der Waals surface area contributed by atoms with Gasteiger partial charge in [-0.25, -0.2) is 17.8 Å². The molecule has 0 saturated carbocycles. The third kappa shape index (κ3) is 8.56. The molecule has 1 saturated heterocycles. The summed E-state index contributed by atoms with van der Waals surface area (Å²) < 4.78 is 42.0. The zero-order valence-corrected chi connectivity index (χ0v) is 18.3. The molecule has 1 heterocycles. The largest absolute Gasteiger partial charge is 0.488 e. The van der Waals surface area contributed by atoms with Gasteiger partial charge in [0.2, 0.25) is 5.91 Å². The number of benzene rings is 1. The Morgan fingerprint density at radius 1 is 1.33 bits per heavy atom. The van der Waals surface area contributed by atoms with Crippen LogP contribution in [0.5, 0.6) is 5.75 Å². The van der Waals surface area contributed by atoms with Crippen molar-refractivity contribution >= 4 is 21.7 Å². The molecule has 2 rings (SSSR count). The van der Waals surface area contributed by atoms with Gasteiger partial charge in [0.05, 0.1) is 18.1 Å². The van der Waals surface area contributed by atoms with Crippen LogP contribution in [-0.4, -0.2) is 63.6 Å². The van der Waals surface area contributed by atoms with E-state index in [1.807, 2.05) is 13.8 Å². The summed E-state index contributed by atoms with van der Waals surface area (Å²) in [5, 5.41) is 8.96. The molecule has 2 atom stereocenters. The second-order valence-electron chi connectivity index (χ2n) is 7.17. The van der Waals surface area contributed by atoms with Gasteiger partial charge in [-0.05, 0) is 31.9 Å². The van der Waals surface area contributed by atoms with Crippen molar-refractivity contribution in [1.82, 2.24) is 16.0 Å². The lowest BCUT2D eigenvalue weighted by molar-refractivity contribution is -0.121. The van der Waals surface area contributed by atoms with Gasteiger partial charge in [0.1, 0.15) is 17.7 Å². The number of guanidine groups is 1. The molecular formula is C20H31FN4O4S. The van der Waals surface area contributed by atoms with E-state index in [0.717, 1.165) is 0 Å². The highest BCUT2D eigenvalue weighted by Gasteiger charge is 2.28. The smallest absolute Gasteiger partial charge is 0.222 e. The van der Waals surface area contributed by atoms with Crippen LogP contribution in [0.2, 0.25) is 0 Å². The van der Waals surface area contributed by atoms with E-state index in [9.17, 15) is 17.6 Å². The maximum atomic E-state index is 13.3. The molecule has 0 aliphatic carbocycles. The summed E-state index contributed by atoms with van der Waals surface area (Å²) in [6.45, 7) is 5.28. The van der Waals surface area contributed by atoms with Gasteiger partial charge in [-0.1, -0.05) is 13.0 Å². The van der Waals surface area contributed by atoms with E-state index in [0.29, 0.717) is 44.2 Å². The molecule has 1 fully saturated rings. The van der Waals surface area contributed by atoms with Crippen molar-refractivity contribution < 1.29 is 22.3 Å². The SMILES string of the molecule is CCNC(=NCC(CC)Oc1cccc(F)c1)NCCC(=O)NC1CCS(=O)(=O)C1. The molecule has 168 valence electrons. The van der Waals surface area contributed by atoms with E-state index in [1.54, 1.807) is 12.1 Å². The van der Waals surface area contributed by atoms with Gasteiger partial charge in [-0.3, -0.25) is 4.79 Å². The highest BCUT2D eigenvalue weighted by Crippen LogP contribution is 2.15. The minimum Gasteiger partial charge on any atom is -0.488 e. The second kappa shape index (κ2) is 11.7. The zero-order chi connectivity index (χ0) is 22.0. The number of sulfone groups is 1. The maximum absolute atomic E-state index is 13.3. The Morgan fingerprint density at radius 3 is 2.77 bits per heavy atom. The number of ether oxygens (including phenoxy) is 1. The molecule has 1 aliphatic heterocycles. The van der Waals surface area contributed by atoms with Crippen molar-refractivity contribution in [2.45, 2.75) is 45.3 Å². The van der Waals surface area contributed by atoms with E-state index < -0.39 is 9.84 Å². The number of carbonyl (C=O) groups excluding carboxylic acids is 1. The van der Waals surface area contributed by atoms with Crippen LogP contribution in [0.1, 0.15) is 33.1 Å². The summed E-state index contributed by atoms with van der Waals surface area (Å²) in [5.41, 5.74) is 0. The Kier molecular flexibility index (Phi) is 9.35. The maximum Gasteiger partial charge on any atom is 0.222 e. The fraction of sp³-hybridized carbons (Fsp3) is 0.600. The number of rotatable bonds is 10. The summed E-state index contributed by atoms with van der Waals surface area (Å²) >= 11 is 0. The highest BCUT2D eigenvalue weighted by atomic mass is 32.2. The summed E-state index contributed by atoms with van der Waals surface area (Å²) in [4.78, 5) is 16.5. The average molecular weight is 443 g/mol. The molecule has 10 heteroatoms. The lowest BCUT2D eigenvalue weighted by Crippen LogP contribution is -2.41. The molecule has 3 N–H and O–H groups in total. The van der Waals surface area contributed by atoms with Crippen LogP contribution in [0.4, 0.5) is 4.39 Å². The quantitative estimate of drug-likeness (QED) is 0.372. The highest BCUT2D eigenvalue weighted by molar-refractivity contribution is 7.91. The van der Waals surface area contributed by atoms with Crippen molar-refractivity contribution in [3.05, 3.63) is 30.1 Å². The predicted octanol–water partition coefficient (Wildman–Crippen LogP) is 1.23. The van der Waals surface area contributed by atoms with E-state index in [4.69, 9.17) is 4.74 Å². The summed E-state index contributed by atoms with van der Waals surface area (Å²) in [6.07, 6.45) is 1.16. The van der Waals surface area contributed by atoms with Crippen LogP contribution in [-0.2, 0) is 14.6 Å². The molecule has 0 radical (unpaired) electrons. The van der Waals surface area contributed by atoms with Crippen LogP contribution >= 0.6 is 0 Å². The Morgan fingerprint density at radius 2 is 2.13 bits per heavy atom. The summed E-state index contributed by atoms with van der Waals surface area (Å²) in [5.74, 6) is 0.607. The summed E-state index contributed by atoms with van der Waals surface area (Å²) in [6, 6.07) is 5.70. The molecule has 0 spiro atoms. The number of hydrogen-bond acceptors (Lipinski definition) is 5. The molecule has 0 bridgehead atoms. The Labute approximate surface area is 177 Å². The van der Waals surface area contributed by atoms with E-state index >= 15 is 0 Å². The van der Waals surface area contributed by atoms with E-state index in [-0.39, 0.29) is 41.8 Å². The molecule has 30 heavy (non-hydrogen) atoms. The Bertz CT molecular complexity index is 832. The topological polar surface area (TPSA) is 109 Å². The lowest BCUT2D eigenvalue weighted by Gasteiger charge is -2.17. The number of carbonyl (C=O) groups is 1. The Balaban J connectivity index is 1.79. The fourth-order valence-corrected chi connectivity index (χ4v) is 4.69. The average Bonchev–Trinajstić information content (AvgIpc) is 3.03. The molecule has 1 amide bonds. The minimum absolute atomic E-state index is 0.0139. The normalized spacial score (nSPS) is 19.2. The number of nitrogens with one attached hydrogen (secondary N) is 3. The van der Waals surface area contributed by atoms with E-state index in [2.05, 4.69) is 20.9 Å². The van der Waals surface area contributed by atoms with Gasteiger partial charge in [0, 0.05) is 31.6 Å². The number of nitrogens with zero attached hydrogens (tertiary/aromatic N) is 1. The van der Waals surface area contributed by atoms with Crippen molar-refractivity contribution in [2.24, 2.45) is 4.99 Å². The second-order valence-corrected chi connectivity index (χ2v) is 9.40. The van der Waals surface area contributed by atoms with Crippen LogP contribution in [0, 0.1) is 5.82 Å². The van der Waals surface area contributed by atoms with Gasteiger partial charge in [-0.2, -0.15) is 0 Å². The van der Waals surface area contributed by atoms with E-state index in [1.165, 1.54) is 12.1 Å². The van der Waals surface area contributed by atoms with Crippen molar-refractivity contribution in [3.63, 3.8) is 0 Å². The van der Waals surface area contributed by atoms with Crippen LogP contribution in [0.25, 0.3) is 0 Å². The number of halogens is 1. The number of hydrogen-bond donors (Lipinski definition) is 3. The van der Waals surface area contributed by atoms with Crippen molar-refractivity contribution in [1.29, 1.82) is 0 Å². The third-order valence-electron chi connectivity index (χ3n) is 4.59. The van der Waals surface area contributed by atoms with Crippen molar-refractivity contribution in [3.8, 4) is 5.75 Å². The standard InChI is InChI=1S/C20H31FN4O4S/c1-3-17(29-18-7-5-6-15(21)12-18)13-24-20(22-4-2)23-10-8-19(26)25-16-9-11-30(27,28)14-16/h5-7,12,16-17H,3-4,8-11,13-14H2,1-2H3,(H,25,26)(H2,22,23,24). The van der Waals surface area contributed by atoms with Gasteiger partial charge < -0.3 is 20.7 Å². The molecule has 1 aromatic carbocycles. The fourth-order valence-electron chi connectivity index (χ4n) is 3.02. The molecule has 1 aliphatic rings. The minimum atomic E-state index is -3.02. The molecule has 2 unspecified atom stereocenters. The summed E-state index contributed by atoms with van der Waals surface area (Å²) in [7, 11) is -3.02. The third-order valence-corrected chi connectivity index (χ3v) is 6.36. The molecular weight excluding hydrogens is 411 g/mol.